The fourth-order valence-corrected chi connectivity index (χ4v) is 4.26. The molecule has 29 heavy (non-hydrogen) atoms. The van der Waals surface area contributed by atoms with Gasteiger partial charge in [-0.3, -0.25) is 0 Å². The molecule has 1 aliphatic rings. The summed E-state index contributed by atoms with van der Waals surface area (Å²) in [6.07, 6.45) is -4.33. The van der Waals surface area contributed by atoms with E-state index < -0.39 is 38.3 Å². The largest absolute Gasteiger partial charge is 0.407 e. The standard InChI is InChI=1S/C17H17F5N4O2S/c1-9-11(18)3-4-12(14(9)19)24-15(23)13-7-10(8-26(13)2)29(27,28)25-16(5-6-16)17(20,21)22/h3-4,7-8,25H,5-6H2,1-2H3,(H2,23,24). The maximum absolute atomic E-state index is 14.1. The van der Waals surface area contributed by atoms with E-state index in [1.165, 1.54) is 18.5 Å². The van der Waals surface area contributed by atoms with Crippen molar-refractivity contribution in [2.24, 2.45) is 17.8 Å². The average molecular weight is 436 g/mol. The van der Waals surface area contributed by atoms with Gasteiger partial charge in [0.25, 0.3) is 0 Å². The van der Waals surface area contributed by atoms with Gasteiger partial charge in [-0.1, -0.05) is 0 Å². The van der Waals surface area contributed by atoms with Gasteiger partial charge in [-0.25, -0.2) is 22.2 Å². The number of rotatable bonds is 5. The van der Waals surface area contributed by atoms with E-state index in [0.29, 0.717) is 0 Å². The number of nitrogens with zero attached hydrogens (tertiary/aromatic N) is 2. The van der Waals surface area contributed by atoms with Crippen molar-refractivity contribution in [2.45, 2.75) is 36.4 Å². The molecule has 0 unspecified atom stereocenters. The zero-order valence-corrected chi connectivity index (χ0v) is 16.1. The Kier molecular flexibility index (Phi) is 4.98. The molecule has 6 nitrogen and oxygen atoms in total. The van der Waals surface area contributed by atoms with Crippen LogP contribution in [0.3, 0.4) is 0 Å². The van der Waals surface area contributed by atoms with E-state index in [1.807, 2.05) is 0 Å². The molecular weight excluding hydrogens is 419 g/mol. The molecule has 2 aromatic rings. The Morgan fingerprint density at radius 1 is 1.28 bits per heavy atom. The minimum absolute atomic E-state index is 0.0311. The zero-order chi connectivity index (χ0) is 21.8. The number of hydrogen-bond acceptors (Lipinski definition) is 3. The van der Waals surface area contributed by atoms with Gasteiger partial charge in [0.1, 0.15) is 27.8 Å². The van der Waals surface area contributed by atoms with Crippen molar-refractivity contribution in [2.75, 3.05) is 0 Å². The van der Waals surface area contributed by atoms with Crippen molar-refractivity contribution >= 4 is 21.5 Å². The van der Waals surface area contributed by atoms with Gasteiger partial charge in [-0.15, -0.1) is 0 Å². The summed E-state index contributed by atoms with van der Waals surface area (Å²) in [7, 11) is -3.09. The molecule has 1 fully saturated rings. The van der Waals surface area contributed by atoms with E-state index in [-0.39, 0.29) is 35.6 Å². The molecule has 158 valence electrons. The Labute approximate surface area is 163 Å². The predicted molar refractivity (Wildman–Crippen MR) is 95.2 cm³/mol. The summed E-state index contributed by atoms with van der Waals surface area (Å²) in [6, 6.07) is 3.09. The Morgan fingerprint density at radius 3 is 2.45 bits per heavy atom. The van der Waals surface area contributed by atoms with E-state index in [2.05, 4.69) is 4.99 Å². The van der Waals surface area contributed by atoms with Gasteiger partial charge in [-0.05, 0) is 38.0 Å². The number of nitrogens with one attached hydrogen (secondary N) is 1. The molecule has 0 radical (unpaired) electrons. The van der Waals surface area contributed by atoms with Crippen LogP contribution in [0.1, 0.15) is 24.1 Å². The highest BCUT2D eigenvalue weighted by molar-refractivity contribution is 7.89. The maximum Gasteiger partial charge on any atom is 0.407 e. The summed E-state index contributed by atoms with van der Waals surface area (Å²) >= 11 is 0. The molecule has 1 aromatic carbocycles. The van der Waals surface area contributed by atoms with Crippen LogP contribution in [0.2, 0.25) is 0 Å². The van der Waals surface area contributed by atoms with Crippen LogP contribution in [0.5, 0.6) is 0 Å². The molecule has 0 aliphatic heterocycles. The van der Waals surface area contributed by atoms with Crippen molar-refractivity contribution in [1.29, 1.82) is 0 Å². The third kappa shape index (κ3) is 3.86. The molecule has 3 rings (SSSR count). The predicted octanol–water partition coefficient (Wildman–Crippen LogP) is 3.02. The van der Waals surface area contributed by atoms with E-state index in [0.717, 1.165) is 24.4 Å². The summed E-state index contributed by atoms with van der Waals surface area (Å²) in [5, 5.41) is 0. The maximum atomic E-state index is 14.1. The first-order valence-corrected chi connectivity index (χ1v) is 9.82. The number of amidine groups is 1. The fraction of sp³-hybridized carbons (Fsp3) is 0.353. The second-order valence-corrected chi connectivity index (χ2v) is 8.54. The zero-order valence-electron chi connectivity index (χ0n) is 15.3. The number of sulfonamides is 1. The van der Waals surface area contributed by atoms with Gasteiger partial charge in [0, 0.05) is 18.8 Å². The third-order valence-electron chi connectivity index (χ3n) is 4.72. The molecule has 3 N–H and O–H groups in total. The van der Waals surface area contributed by atoms with Crippen LogP contribution < -0.4 is 10.5 Å². The highest BCUT2D eigenvalue weighted by Crippen LogP contribution is 2.49. The van der Waals surface area contributed by atoms with Crippen LogP contribution in [0.25, 0.3) is 0 Å². The van der Waals surface area contributed by atoms with Crippen molar-refractivity contribution < 1.29 is 30.4 Å². The normalized spacial score (nSPS) is 16.9. The van der Waals surface area contributed by atoms with E-state index in [9.17, 15) is 30.4 Å². The minimum Gasteiger partial charge on any atom is -0.382 e. The molecule has 0 atom stereocenters. The first-order chi connectivity index (χ1) is 13.3. The first-order valence-electron chi connectivity index (χ1n) is 8.34. The van der Waals surface area contributed by atoms with E-state index in [1.54, 1.807) is 4.72 Å². The Hall–Kier alpha value is -2.47. The van der Waals surface area contributed by atoms with Crippen LogP contribution in [0, 0.1) is 18.6 Å². The molecule has 0 amide bonds. The topological polar surface area (TPSA) is 89.5 Å². The molecule has 1 aliphatic carbocycles. The summed E-state index contributed by atoms with van der Waals surface area (Å²) in [4.78, 5) is 3.40. The number of alkyl halides is 3. The number of aliphatic imine (C=N–C) groups is 1. The highest BCUT2D eigenvalue weighted by Gasteiger charge is 2.65. The molecule has 12 heteroatoms. The van der Waals surface area contributed by atoms with Crippen molar-refractivity contribution in [1.82, 2.24) is 9.29 Å². The highest BCUT2D eigenvalue weighted by atomic mass is 32.2. The number of hydrogen-bond donors (Lipinski definition) is 2. The lowest BCUT2D eigenvalue weighted by Crippen LogP contribution is -2.47. The molecule has 1 heterocycles. The van der Waals surface area contributed by atoms with Gasteiger partial charge in [-0.2, -0.15) is 17.9 Å². The van der Waals surface area contributed by atoms with Crippen molar-refractivity contribution in [3.63, 3.8) is 0 Å². The summed E-state index contributed by atoms with van der Waals surface area (Å²) in [6.45, 7) is 1.22. The second-order valence-electron chi connectivity index (χ2n) is 6.86. The van der Waals surface area contributed by atoms with Gasteiger partial charge in [0.05, 0.1) is 5.69 Å². The summed E-state index contributed by atoms with van der Waals surface area (Å²) in [5.74, 6) is -2.00. The van der Waals surface area contributed by atoms with E-state index in [4.69, 9.17) is 5.73 Å². The second kappa shape index (κ2) is 6.80. The first kappa shape index (κ1) is 21.2. The monoisotopic (exact) mass is 436 g/mol. The number of benzene rings is 1. The lowest BCUT2D eigenvalue weighted by atomic mass is 10.2. The number of aryl methyl sites for hydroxylation is 1. The van der Waals surface area contributed by atoms with Crippen LogP contribution in [-0.2, 0) is 17.1 Å². The summed E-state index contributed by atoms with van der Waals surface area (Å²) < 4.78 is 94.4. The minimum atomic E-state index is -4.71. The third-order valence-corrected chi connectivity index (χ3v) is 6.22. The Morgan fingerprint density at radius 2 is 1.90 bits per heavy atom. The van der Waals surface area contributed by atoms with Gasteiger partial charge in [0.2, 0.25) is 10.0 Å². The SMILES string of the molecule is Cc1c(F)ccc(N=C(N)c2cc(S(=O)(=O)NC3(C(F)(F)F)CC3)cn2C)c1F. The lowest BCUT2D eigenvalue weighted by molar-refractivity contribution is -0.160. The Bertz CT molecular complexity index is 1100. The van der Waals surface area contributed by atoms with Gasteiger partial charge < -0.3 is 10.3 Å². The van der Waals surface area contributed by atoms with Crippen LogP contribution in [-0.4, -0.2) is 30.5 Å². The fourth-order valence-electron chi connectivity index (χ4n) is 2.74. The molecule has 1 aromatic heterocycles. The Balaban J connectivity index is 1.93. The van der Waals surface area contributed by atoms with Crippen LogP contribution >= 0.6 is 0 Å². The number of nitrogens with two attached hydrogens (primary N) is 1. The van der Waals surface area contributed by atoms with Crippen LogP contribution in [0.4, 0.5) is 27.6 Å². The quantitative estimate of drug-likeness (QED) is 0.429. The smallest absolute Gasteiger partial charge is 0.382 e. The molecular formula is C17H17F5N4O2S. The molecule has 0 bridgehead atoms. The molecule has 0 spiro atoms. The summed E-state index contributed by atoms with van der Waals surface area (Å²) in [5.41, 5.74) is 2.86. The van der Waals surface area contributed by atoms with Gasteiger partial charge >= 0.3 is 6.18 Å². The van der Waals surface area contributed by atoms with E-state index >= 15 is 0 Å². The lowest BCUT2D eigenvalue weighted by Gasteiger charge is -2.20. The number of halogens is 5. The van der Waals surface area contributed by atoms with Crippen molar-refractivity contribution in [3.05, 3.63) is 47.3 Å². The average Bonchev–Trinajstić information content (AvgIpc) is 3.28. The number of aromatic nitrogens is 1. The molecule has 1 saturated carbocycles. The molecule has 0 saturated heterocycles. The van der Waals surface area contributed by atoms with Crippen LogP contribution in [0.15, 0.2) is 34.3 Å². The van der Waals surface area contributed by atoms with Gasteiger partial charge in [0.15, 0.2) is 5.82 Å². The van der Waals surface area contributed by atoms with Crippen molar-refractivity contribution in [3.8, 4) is 0 Å².